The molecular weight excluding hydrogens is 250 g/mol. The van der Waals surface area contributed by atoms with E-state index in [1.165, 1.54) is 0 Å². The summed E-state index contributed by atoms with van der Waals surface area (Å²) in [7, 11) is 0. The van der Waals surface area contributed by atoms with Crippen molar-refractivity contribution in [1.82, 2.24) is 0 Å². The van der Waals surface area contributed by atoms with E-state index in [9.17, 15) is 4.79 Å². The van der Waals surface area contributed by atoms with E-state index in [4.69, 9.17) is 9.84 Å². The molecule has 0 bridgehead atoms. The number of ether oxygens (including phenoxy) is 1. The molecule has 0 atom stereocenters. The van der Waals surface area contributed by atoms with Gasteiger partial charge in [-0.1, -0.05) is 15.9 Å². The van der Waals surface area contributed by atoms with Gasteiger partial charge in [-0.05, 0) is 17.7 Å². The van der Waals surface area contributed by atoms with Crippen LogP contribution in [0.25, 0.3) is 0 Å². The molecule has 0 fully saturated rings. The van der Waals surface area contributed by atoms with Crippen molar-refractivity contribution in [3.05, 3.63) is 22.2 Å². The monoisotopic (exact) mass is 257 g/mol. The molecule has 0 unspecified atom stereocenters. The molecule has 1 amide bonds. The van der Waals surface area contributed by atoms with Crippen LogP contribution < -0.4 is 10.1 Å². The van der Waals surface area contributed by atoms with Crippen LogP contribution in [0.1, 0.15) is 5.56 Å². The fourth-order valence-corrected chi connectivity index (χ4v) is 1.73. The number of hydrogen-bond acceptors (Lipinski definition) is 3. The van der Waals surface area contributed by atoms with E-state index in [0.29, 0.717) is 11.4 Å². The molecule has 5 heteroatoms. The van der Waals surface area contributed by atoms with Gasteiger partial charge in [0.25, 0.3) is 5.91 Å². The summed E-state index contributed by atoms with van der Waals surface area (Å²) < 4.78 is 5.94. The highest BCUT2D eigenvalue weighted by Gasteiger charge is 2.17. The Labute approximate surface area is 89.0 Å². The molecule has 4 nitrogen and oxygen atoms in total. The maximum Gasteiger partial charge on any atom is 0.262 e. The summed E-state index contributed by atoms with van der Waals surface area (Å²) in [6.07, 6.45) is 0. The minimum Gasteiger partial charge on any atom is -0.482 e. The van der Waals surface area contributed by atoms with Crippen LogP contribution in [-0.2, 0) is 11.4 Å². The number of anilines is 1. The van der Waals surface area contributed by atoms with Gasteiger partial charge < -0.3 is 15.2 Å². The zero-order valence-electron chi connectivity index (χ0n) is 7.21. The van der Waals surface area contributed by atoms with Crippen LogP contribution in [0.3, 0.4) is 0 Å². The van der Waals surface area contributed by atoms with Crippen LogP contribution in [0.4, 0.5) is 5.69 Å². The third-order valence-corrected chi connectivity index (χ3v) is 2.69. The molecular formula is C9H8BrNO3. The number of fused-ring (bicyclic) bond motifs is 1. The maximum absolute atomic E-state index is 11.0. The van der Waals surface area contributed by atoms with E-state index >= 15 is 0 Å². The molecule has 2 rings (SSSR count). The molecule has 1 aliphatic rings. The smallest absolute Gasteiger partial charge is 0.262 e. The van der Waals surface area contributed by atoms with Gasteiger partial charge in [0, 0.05) is 4.47 Å². The summed E-state index contributed by atoms with van der Waals surface area (Å²) in [6.45, 7) is -0.0370. The SMILES string of the molecule is O=C1COc2cc(CO)c(Br)cc2N1. The Morgan fingerprint density at radius 3 is 3.07 bits per heavy atom. The molecule has 0 saturated carbocycles. The number of halogens is 1. The molecule has 1 heterocycles. The number of amides is 1. The molecule has 0 spiro atoms. The standard InChI is InChI=1S/C9H8BrNO3/c10-6-2-7-8(1-5(6)3-12)14-4-9(13)11-7/h1-2,12H,3-4H2,(H,11,13). The molecule has 1 aromatic rings. The summed E-state index contributed by atoms with van der Waals surface area (Å²) in [5.74, 6) is 0.429. The molecule has 1 aliphatic heterocycles. The minimum absolute atomic E-state index is 0.0273. The Bertz CT molecular complexity index is 392. The third kappa shape index (κ3) is 1.60. The van der Waals surface area contributed by atoms with E-state index in [-0.39, 0.29) is 19.1 Å². The predicted octanol–water partition coefficient (Wildman–Crippen LogP) is 1.27. The molecule has 74 valence electrons. The number of carbonyl (C=O) groups is 1. The first-order valence-corrected chi connectivity index (χ1v) is 4.86. The van der Waals surface area contributed by atoms with Gasteiger partial charge in [0.2, 0.25) is 0 Å². The van der Waals surface area contributed by atoms with E-state index in [2.05, 4.69) is 21.2 Å². The first-order chi connectivity index (χ1) is 6.70. The molecule has 14 heavy (non-hydrogen) atoms. The Balaban J connectivity index is 2.45. The lowest BCUT2D eigenvalue weighted by molar-refractivity contribution is -0.118. The average Bonchev–Trinajstić information content (AvgIpc) is 2.16. The van der Waals surface area contributed by atoms with Gasteiger partial charge in [0.1, 0.15) is 5.75 Å². The predicted molar refractivity (Wildman–Crippen MR) is 54.2 cm³/mol. The fraction of sp³-hybridized carbons (Fsp3) is 0.222. The first-order valence-electron chi connectivity index (χ1n) is 4.06. The molecule has 0 aliphatic carbocycles. The topological polar surface area (TPSA) is 58.6 Å². The zero-order chi connectivity index (χ0) is 10.1. The summed E-state index contributed by atoms with van der Waals surface area (Å²) in [6, 6.07) is 3.43. The highest BCUT2D eigenvalue weighted by Crippen LogP contribution is 2.33. The van der Waals surface area contributed by atoms with Crippen LogP contribution in [-0.4, -0.2) is 17.6 Å². The van der Waals surface area contributed by atoms with Crippen molar-refractivity contribution < 1.29 is 14.6 Å². The first kappa shape index (κ1) is 9.48. The van der Waals surface area contributed by atoms with E-state index < -0.39 is 0 Å². The van der Waals surface area contributed by atoms with Crippen LogP contribution >= 0.6 is 15.9 Å². The van der Waals surface area contributed by atoms with E-state index in [1.54, 1.807) is 12.1 Å². The maximum atomic E-state index is 11.0. The van der Waals surface area contributed by atoms with Gasteiger partial charge in [-0.3, -0.25) is 4.79 Å². The minimum atomic E-state index is -0.166. The van der Waals surface area contributed by atoms with Gasteiger partial charge in [0.05, 0.1) is 12.3 Å². The second kappa shape index (κ2) is 3.59. The van der Waals surface area contributed by atoms with Gasteiger partial charge >= 0.3 is 0 Å². The lowest BCUT2D eigenvalue weighted by Crippen LogP contribution is -2.25. The van der Waals surface area contributed by atoms with Gasteiger partial charge in [-0.2, -0.15) is 0 Å². The Kier molecular flexibility index (Phi) is 2.43. The largest absolute Gasteiger partial charge is 0.482 e. The number of aliphatic hydroxyl groups is 1. The number of nitrogens with one attached hydrogen (secondary N) is 1. The summed E-state index contributed by atoms with van der Waals surface area (Å²) in [4.78, 5) is 11.0. The average molecular weight is 258 g/mol. The zero-order valence-corrected chi connectivity index (χ0v) is 8.80. The lowest BCUT2D eigenvalue weighted by Gasteiger charge is -2.19. The number of rotatable bonds is 1. The molecule has 1 aromatic carbocycles. The van der Waals surface area contributed by atoms with Gasteiger partial charge in [-0.25, -0.2) is 0 Å². The van der Waals surface area contributed by atoms with Crippen molar-refractivity contribution >= 4 is 27.5 Å². The molecule has 2 N–H and O–H groups in total. The second-order valence-electron chi connectivity index (χ2n) is 2.93. The van der Waals surface area contributed by atoms with Crippen LogP contribution in [0.15, 0.2) is 16.6 Å². The molecule has 0 radical (unpaired) electrons. The molecule has 0 aromatic heterocycles. The Morgan fingerprint density at radius 2 is 2.36 bits per heavy atom. The highest BCUT2D eigenvalue weighted by atomic mass is 79.9. The van der Waals surface area contributed by atoms with Crippen molar-refractivity contribution in [1.29, 1.82) is 0 Å². The van der Waals surface area contributed by atoms with Crippen molar-refractivity contribution in [3.63, 3.8) is 0 Å². The van der Waals surface area contributed by atoms with E-state index in [0.717, 1.165) is 10.0 Å². The number of benzene rings is 1. The normalized spacial score (nSPS) is 14.3. The van der Waals surface area contributed by atoms with Crippen LogP contribution in [0, 0.1) is 0 Å². The number of carbonyl (C=O) groups excluding carboxylic acids is 1. The van der Waals surface area contributed by atoms with Crippen molar-refractivity contribution in [2.75, 3.05) is 11.9 Å². The highest BCUT2D eigenvalue weighted by molar-refractivity contribution is 9.10. The van der Waals surface area contributed by atoms with Gasteiger partial charge in [-0.15, -0.1) is 0 Å². The van der Waals surface area contributed by atoms with Gasteiger partial charge in [0.15, 0.2) is 6.61 Å². The van der Waals surface area contributed by atoms with Crippen molar-refractivity contribution in [2.45, 2.75) is 6.61 Å². The van der Waals surface area contributed by atoms with Crippen molar-refractivity contribution in [3.8, 4) is 5.75 Å². The third-order valence-electron chi connectivity index (χ3n) is 1.95. The van der Waals surface area contributed by atoms with Crippen molar-refractivity contribution in [2.24, 2.45) is 0 Å². The summed E-state index contributed by atoms with van der Waals surface area (Å²) >= 11 is 3.29. The van der Waals surface area contributed by atoms with Crippen LogP contribution in [0.2, 0.25) is 0 Å². The fourth-order valence-electron chi connectivity index (χ4n) is 1.26. The number of hydrogen-bond donors (Lipinski definition) is 2. The Morgan fingerprint density at radius 1 is 1.57 bits per heavy atom. The number of aliphatic hydroxyl groups excluding tert-OH is 1. The van der Waals surface area contributed by atoms with E-state index in [1.807, 2.05) is 0 Å². The molecule has 0 saturated heterocycles. The van der Waals surface area contributed by atoms with Crippen LogP contribution in [0.5, 0.6) is 5.75 Å². The lowest BCUT2D eigenvalue weighted by atomic mass is 10.2. The second-order valence-corrected chi connectivity index (χ2v) is 3.79. The summed E-state index contributed by atoms with van der Waals surface area (Å²) in [5, 5.41) is 11.7. The quantitative estimate of drug-likeness (QED) is 0.797. The summed E-state index contributed by atoms with van der Waals surface area (Å²) in [5.41, 5.74) is 1.37. The Hall–Kier alpha value is -1.07.